The zero-order valence-electron chi connectivity index (χ0n) is 15.7. The van der Waals surface area contributed by atoms with Gasteiger partial charge in [0.05, 0.1) is 18.7 Å². The first-order chi connectivity index (χ1) is 11.9. The molecular formula is C18H33N3O4. The zero-order chi connectivity index (χ0) is 18.4. The monoisotopic (exact) mass is 355 g/mol. The number of nitrogens with zero attached hydrogens (tertiary/aromatic N) is 1. The van der Waals surface area contributed by atoms with Gasteiger partial charge in [-0.25, -0.2) is 4.79 Å². The molecule has 7 heteroatoms. The van der Waals surface area contributed by atoms with Crippen LogP contribution in [-0.4, -0.2) is 65.9 Å². The molecule has 0 bridgehead atoms. The number of rotatable bonds is 8. The number of carboxylic acids is 1. The molecule has 1 aliphatic heterocycles. The van der Waals surface area contributed by atoms with Gasteiger partial charge in [-0.3, -0.25) is 9.69 Å². The standard InChI is InChI=1S/C18H33N3O4/c1-4-21(11-17(22)23)14-9-13(10-14)19-18(24)20-15-6-5-7-25-16(15)8-12(2)3/h12-16H,4-11H2,1-3H3,(H,22,23)(H2,19,20,24). The molecule has 2 unspecified atom stereocenters. The van der Waals surface area contributed by atoms with Crippen LogP contribution >= 0.6 is 0 Å². The molecule has 0 aromatic rings. The maximum atomic E-state index is 12.3. The molecule has 1 saturated heterocycles. The molecule has 0 spiro atoms. The molecule has 2 atom stereocenters. The van der Waals surface area contributed by atoms with Crippen molar-refractivity contribution in [1.82, 2.24) is 15.5 Å². The topological polar surface area (TPSA) is 90.9 Å². The Kier molecular flexibility index (Phi) is 7.50. The third-order valence-electron chi connectivity index (χ3n) is 5.17. The van der Waals surface area contributed by atoms with E-state index in [-0.39, 0.29) is 36.8 Å². The van der Waals surface area contributed by atoms with Gasteiger partial charge >= 0.3 is 12.0 Å². The zero-order valence-corrected chi connectivity index (χ0v) is 15.7. The highest BCUT2D eigenvalue weighted by Crippen LogP contribution is 2.26. The lowest BCUT2D eigenvalue weighted by molar-refractivity contribution is -0.139. The molecule has 3 N–H and O–H groups in total. The van der Waals surface area contributed by atoms with E-state index in [0.29, 0.717) is 12.5 Å². The van der Waals surface area contributed by atoms with Gasteiger partial charge in [-0.1, -0.05) is 20.8 Å². The van der Waals surface area contributed by atoms with E-state index >= 15 is 0 Å². The van der Waals surface area contributed by atoms with Gasteiger partial charge in [0.25, 0.3) is 0 Å². The van der Waals surface area contributed by atoms with E-state index in [4.69, 9.17) is 9.84 Å². The molecule has 25 heavy (non-hydrogen) atoms. The van der Waals surface area contributed by atoms with Crippen molar-refractivity contribution in [3.63, 3.8) is 0 Å². The van der Waals surface area contributed by atoms with E-state index < -0.39 is 5.97 Å². The minimum Gasteiger partial charge on any atom is -0.480 e. The summed E-state index contributed by atoms with van der Waals surface area (Å²) >= 11 is 0. The number of amides is 2. The van der Waals surface area contributed by atoms with Crippen molar-refractivity contribution in [2.75, 3.05) is 19.7 Å². The Hall–Kier alpha value is -1.34. The first-order valence-electron chi connectivity index (χ1n) is 9.53. The third kappa shape index (κ3) is 6.15. The van der Waals surface area contributed by atoms with Crippen LogP contribution < -0.4 is 10.6 Å². The van der Waals surface area contributed by atoms with Crippen LogP contribution in [0, 0.1) is 5.92 Å². The van der Waals surface area contributed by atoms with Crippen molar-refractivity contribution in [2.45, 2.75) is 77.1 Å². The van der Waals surface area contributed by atoms with Crippen LogP contribution in [0.5, 0.6) is 0 Å². The van der Waals surface area contributed by atoms with Gasteiger partial charge in [-0.05, 0) is 44.6 Å². The number of carboxylic acid groups (broad SMARTS) is 1. The number of likely N-dealkylation sites (N-methyl/N-ethyl adjacent to an activating group) is 1. The summed E-state index contributed by atoms with van der Waals surface area (Å²) in [5, 5.41) is 15.0. The Morgan fingerprint density at radius 1 is 1.28 bits per heavy atom. The van der Waals surface area contributed by atoms with E-state index in [2.05, 4.69) is 24.5 Å². The number of carbonyl (C=O) groups is 2. The van der Waals surface area contributed by atoms with E-state index in [1.807, 2.05) is 11.8 Å². The second kappa shape index (κ2) is 9.38. The van der Waals surface area contributed by atoms with Crippen LogP contribution in [-0.2, 0) is 9.53 Å². The number of hydrogen-bond acceptors (Lipinski definition) is 4. The molecule has 0 radical (unpaired) electrons. The highest BCUT2D eigenvalue weighted by Gasteiger charge is 2.35. The van der Waals surface area contributed by atoms with Crippen LogP contribution in [0.3, 0.4) is 0 Å². The summed E-state index contributed by atoms with van der Waals surface area (Å²) in [4.78, 5) is 25.1. The Morgan fingerprint density at radius 3 is 2.60 bits per heavy atom. The lowest BCUT2D eigenvalue weighted by Crippen LogP contribution is -2.58. The van der Waals surface area contributed by atoms with Crippen LogP contribution in [0.15, 0.2) is 0 Å². The number of urea groups is 1. The van der Waals surface area contributed by atoms with Crippen LogP contribution in [0.1, 0.15) is 52.9 Å². The van der Waals surface area contributed by atoms with E-state index in [9.17, 15) is 9.59 Å². The summed E-state index contributed by atoms with van der Waals surface area (Å²) in [7, 11) is 0. The summed E-state index contributed by atoms with van der Waals surface area (Å²) in [6.45, 7) is 7.86. The molecule has 144 valence electrons. The van der Waals surface area contributed by atoms with Crippen molar-refractivity contribution >= 4 is 12.0 Å². The van der Waals surface area contributed by atoms with Gasteiger partial charge in [0.15, 0.2) is 0 Å². The van der Waals surface area contributed by atoms with Gasteiger partial charge in [0, 0.05) is 18.7 Å². The fraction of sp³-hybridized carbons (Fsp3) is 0.889. The first kappa shape index (κ1) is 20.0. The van der Waals surface area contributed by atoms with E-state index in [1.165, 1.54) is 0 Å². The summed E-state index contributed by atoms with van der Waals surface area (Å²) < 4.78 is 5.84. The highest BCUT2D eigenvalue weighted by atomic mass is 16.5. The smallest absolute Gasteiger partial charge is 0.317 e. The Balaban J connectivity index is 1.73. The van der Waals surface area contributed by atoms with Crippen LogP contribution in [0.4, 0.5) is 4.79 Å². The minimum absolute atomic E-state index is 0.0659. The molecule has 2 aliphatic rings. The predicted octanol–water partition coefficient (Wildman–Crippen LogP) is 1.82. The number of nitrogens with one attached hydrogen (secondary N) is 2. The average molecular weight is 355 g/mol. The Morgan fingerprint density at radius 2 is 2.00 bits per heavy atom. The molecule has 1 aliphatic carbocycles. The average Bonchev–Trinajstić information content (AvgIpc) is 2.49. The lowest BCUT2D eigenvalue weighted by atomic mass is 9.85. The van der Waals surface area contributed by atoms with Gasteiger partial charge in [-0.15, -0.1) is 0 Å². The fourth-order valence-corrected chi connectivity index (χ4v) is 3.77. The summed E-state index contributed by atoms with van der Waals surface area (Å²) in [5.74, 6) is -0.262. The molecule has 1 heterocycles. The van der Waals surface area contributed by atoms with Crippen molar-refractivity contribution in [3.8, 4) is 0 Å². The first-order valence-corrected chi connectivity index (χ1v) is 9.53. The minimum atomic E-state index is -0.801. The summed E-state index contributed by atoms with van der Waals surface area (Å²) in [6, 6.07) is 0.319. The van der Waals surface area contributed by atoms with Crippen molar-refractivity contribution in [2.24, 2.45) is 5.92 Å². The molecule has 1 saturated carbocycles. The normalized spacial score (nSPS) is 29.3. The third-order valence-corrected chi connectivity index (χ3v) is 5.17. The van der Waals surface area contributed by atoms with Gasteiger partial charge in [0.1, 0.15) is 0 Å². The highest BCUT2D eigenvalue weighted by molar-refractivity contribution is 5.74. The number of hydrogen-bond donors (Lipinski definition) is 3. The van der Waals surface area contributed by atoms with E-state index in [0.717, 1.165) is 38.7 Å². The van der Waals surface area contributed by atoms with Crippen LogP contribution in [0.2, 0.25) is 0 Å². The molecule has 2 rings (SSSR count). The predicted molar refractivity (Wildman–Crippen MR) is 95.6 cm³/mol. The Labute approximate surface area is 150 Å². The van der Waals surface area contributed by atoms with Crippen molar-refractivity contribution < 1.29 is 19.4 Å². The number of carbonyl (C=O) groups excluding carboxylic acids is 1. The molecule has 0 aromatic carbocycles. The fourth-order valence-electron chi connectivity index (χ4n) is 3.77. The van der Waals surface area contributed by atoms with Crippen LogP contribution in [0.25, 0.3) is 0 Å². The Bertz CT molecular complexity index is 452. The maximum absolute atomic E-state index is 12.3. The SMILES string of the molecule is CCN(CC(=O)O)C1CC(NC(=O)NC2CCCOC2CC(C)C)C1. The largest absolute Gasteiger partial charge is 0.480 e. The molecule has 2 fully saturated rings. The summed E-state index contributed by atoms with van der Waals surface area (Å²) in [6.07, 6.45) is 4.61. The maximum Gasteiger partial charge on any atom is 0.317 e. The van der Waals surface area contributed by atoms with Crippen molar-refractivity contribution in [3.05, 3.63) is 0 Å². The number of aliphatic carboxylic acids is 1. The summed E-state index contributed by atoms with van der Waals surface area (Å²) in [5.41, 5.74) is 0. The molecule has 7 nitrogen and oxygen atoms in total. The van der Waals surface area contributed by atoms with Gasteiger partial charge in [0.2, 0.25) is 0 Å². The van der Waals surface area contributed by atoms with Gasteiger partial charge < -0.3 is 20.5 Å². The quantitative estimate of drug-likeness (QED) is 0.618. The molecular weight excluding hydrogens is 322 g/mol. The van der Waals surface area contributed by atoms with E-state index in [1.54, 1.807) is 0 Å². The lowest BCUT2D eigenvalue weighted by Gasteiger charge is -2.42. The van der Waals surface area contributed by atoms with Crippen molar-refractivity contribution in [1.29, 1.82) is 0 Å². The van der Waals surface area contributed by atoms with Gasteiger partial charge in [-0.2, -0.15) is 0 Å². The second-order valence-electron chi connectivity index (χ2n) is 7.68. The molecule has 2 amide bonds. The number of ether oxygens (including phenoxy) is 1. The molecule has 0 aromatic heterocycles. The second-order valence-corrected chi connectivity index (χ2v) is 7.68.